The van der Waals surface area contributed by atoms with Crippen LogP contribution in [0.3, 0.4) is 0 Å². The predicted octanol–water partition coefficient (Wildman–Crippen LogP) is 7.97. The standard InChI is InChI=1S/C32H35N3O2S.BrH/c1-34(2)29-16-14-28(15-17-29)33-32(38-24-27-8-6-5-7-9-27)35(22-25-10-18-30(36-3)19-11-25)23-26-12-20-31(37-4)21-13-26;/h5-21H,22-24H2,1-4H3;1H. The van der Waals surface area contributed by atoms with E-state index in [1.165, 1.54) is 16.7 Å². The summed E-state index contributed by atoms with van der Waals surface area (Å²) in [4.78, 5) is 9.61. The minimum Gasteiger partial charge on any atom is -0.497 e. The molecular formula is C32H36BrN3O2S. The minimum atomic E-state index is 0. The maximum absolute atomic E-state index is 5.38. The zero-order chi connectivity index (χ0) is 26.7. The van der Waals surface area contributed by atoms with Crippen LogP contribution in [0.1, 0.15) is 16.7 Å². The molecule has 0 radical (unpaired) electrons. The van der Waals surface area contributed by atoms with Crippen molar-refractivity contribution in [2.75, 3.05) is 33.2 Å². The van der Waals surface area contributed by atoms with Crippen molar-refractivity contribution in [3.05, 3.63) is 120 Å². The van der Waals surface area contributed by atoms with Gasteiger partial charge in [0.25, 0.3) is 0 Å². The first-order valence-electron chi connectivity index (χ1n) is 12.6. The zero-order valence-electron chi connectivity index (χ0n) is 22.9. The highest BCUT2D eigenvalue weighted by Gasteiger charge is 2.15. The van der Waals surface area contributed by atoms with Gasteiger partial charge in [-0.15, -0.1) is 17.0 Å². The van der Waals surface area contributed by atoms with Crippen molar-refractivity contribution in [2.45, 2.75) is 18.8 Å². The first-order valence-corrected chi connectivity index (χ1v) is 13.6. The average Bonchev–Trinajstić information content (AvgIpc) is 2.96. The Morgan fingerprint density at radius 1 is 0.667 bits per heavy atom. The van der Waals surface area contributed by atoms with E-state index in [1.807, 2.05) is 38.4 Å². The third-order valence-corrected chi connectivity index (χ3v) is 7.22. The van der Waals surface area contributed by atoms with Gasteiger partial charge in [-0.3, -0.25) is 0 Å². The summed E-state index contributed by atoms with van der Waals surface area (Å²) < 4.78 is 10.8. The van der Waals surface area contributed by atoms with Crippen LogP contribution in [0.15, 0.2) is 108 Å². The van der Waals surface area contributed by atoms with Gasteiger partial charge in [0.05, 0.1) is 19.9 Å². The van der Waals surface area contributed by atoms with Crippen LogP contribution >= 0.6 is 28.7 Å². The first kappa shape index (κ1) is 30.1. The van der Waals surface area contributed by atoms with Gasteiger partial charge in [0.15, 0.2) is 5.17 Å². The number of hydrogen-bond acceptors (Lipinski definition) is 5. The summed E-state index contributed by atoms with van der Waals surface area (Å²) in [6.07, 6.45) is 0. The number of hydrogen-bond donors (Lipinski definition) is 0. The summed E-state index contributed by atoms with van der Waals surface area (Å²) in [6.45, 7) is 1.43. The largest absolute Gasteiger partial charge is 0.497 e. The Balaban J connectivity index is 0.00000420. The highest BCUT2D eigenvalue weighted by Crippen LogP contribution is 2.26. The molecule has 0 saturated carbocycles. The molecule has 0 saturated heterocycles. The molecule has 0 atom stereocenters. The van der Waals surface area contributed by atoms with Crippen molar-refractivity contribution in [3.8, 4) is 11.5 Å². The summed E-state index contributed by atoms with van der Waals surface area (Å²) >= 11 is 1.76. The predicted molar refractivity (Wildman–Crippen MR) is 171 cm³/mol. The molecule has 0 bridgehead atoms. The lowest BCUT2D eigenvalue weighted by Gasteiger charge is -2.26. The van der Waals surface area contributed by atoms with E-state index in [4.69, 9.17) is 14.5 Å². The lowest BCUT2D eigenvalue weighted by molar-refractivity contribution is 0.405. The van der Waals surface area contributed by atoms with Crippen molar-refractivity contribution in [1.82, 2.24) is 4.90 Å². The topological polar surface area (TPSA) is 37.3 Å². The van der Waals surface area contributed by atoms with Crippen LogP contribution < -0.4 is 14.4 Å². The Bertz CT molecular complexity index is 1250. The highest BCUT2D eigenvalue weighted by molar-refractivity contribution is 8.93. The molecule has 0 N–H and O–H groups in total. The zero-order valence-corrected chi connectivity index (χ0v) is 25.4. The number of nitrogens with zero attached hydrogens (tertiary/aromatic N) is 3. The molecule has 5 nitrogen and oxygen atoms in total. The lowest BCUT2D eigenvalue weighted by Crippen LogP contribution is -2.28. The Morgan fingerprint density at radius 3 is 1.64 bits per heavy atom. The summed E-state index contributed by atoms with van der Waals surface area (Å²) in [5.74, 6) is 2.53. The summed E-state index contributed by atoms with van der Waals surface area (Å²) in [5.41, 5.74) is 5.73. The molecule has 4 aromatic rings. The summed E-state index contributed by atoms with van der Waals surface area (Å²) in [6, 6.07) is 35.4. The van der Waals surface area contributed by atoms with E-state index >= 15 is 0 Å². The Morgan fingerprint density at radius 2 is 1.18 bits per heavy atom. The molecule has 39 heavy (non-hydrogen) atoms. The number of benzene rings is 4. The molecule has 4 aromatic carbocycles. The molecule has 0 aromatic heterocycles. The molecule has 0 aliphatic carbocycles. The number of thioether (sulfide) groups is 1. The fourth-order valence-electron chi connectivity index (χ4n) is 3.95. The Hall–Kier alpha value is -3.42. The van der Waals surface area contributed by atoms with Crippen LogP contribution in [-0.4, -0.2) is 38.4 Å². The lowest BCUT2D eigenvalue weighted by atomic mass is 10.1. The van der Waals surface area contributed by atoms with Gasteiger partial charge in [-0.25, -0.2) is 4.99 Å². The smallest absolute Gasteiger partial charge is 0.165 e. The van der Waals surface area contributed by atoms with Crippen LogP contribution in [0.2, 0.25) is 0 Å². The number of amidine groups is 1. The molecule has 0 amide bonds. The summed E-state index contributed by atoms with van der Waals surface area (Å²) in [7, 11) is 7.48. The first-order chi connectivity index (χ1) is 18.5. The molecule has 0 fully saturated rings. The minimum absolute atomic E-state index is 0. The second kappa shape index (κ2) is 15.2. The van der Waals surface area contributed by atoms with E-state index in [0.29, 0.717) is 13.1 Å². The van der Waals surface area contributed by atoms with E-state index in [2.05, 4.69) is 88.7 Å². The van der Waals surface area contributed by atoms with Crippen LogP contribution in [0.4, 0.5) is 11.4 Å². The fraction of sp³-hybridized carbons (Fsp3) is 0.219. The fourth-order valence-corrected chi connectivity index (χ4v) is 4.92. The van der Waals surface area contributed by atoms with E-state index in [0.717, 1.165) is 33.8 Å². The van der Waals surface area contributed by atoms with Gasteiger partial charge in [-0.2, -0.15) is 0 Å². The Kier molecular flexibility index (Phi) is 11.8. The monoisotopic (exact) mass is 605 g/mol. The maximum Gasteiger partial charge on any atom is 0.165 e. The highest BCUT2D eigenvalue weighted by atomic mass is 79.9. The molecule has 0 spiro atoms. The van der Waals surface area contributed by atoms with E-state index < -0.39 is 0 Å². The summed E-state index contributed by atoms with van der Waals surface area (Å²) in [5, 5.41) is 0.970. The van der Waals surface area contributed by atoms with Crippen molar-refractivity contribution >= 4 is 45.3 Å². The van der Waals surface area contributed by atoms with Gasteiger partial charge in [-0.05, 0) is 65.2 Å². The third-order valence-electron chi connectivity index (χ3n) is 6.14. The van der Waals surface area contributed by atoms with Crippen molar-refractivity contribution in [2.24, 2.45) is 4.99 Å². The number of halogens is 1. The molecular weight excluding hydrogens is 570 g/mol. The molecule has 0 heterocycles. The van der Waals surface area contributed by atoms with Gasteiger partial charge in [0, 0.05) is 38.6 Å². The molecule has 0 unspecified atom stereocenters. The van der Waals surface area contributed by atoms with Crippen LogP contribution in [0.25, 0.3) is 0 Å². The van der Waals surface area contributed by atoms with E-state index in [-0.39, 0.29) is 17.0 Å². The second-order valence-corrected chi connectivity index (χ2v) is 10.1. The van der Waals surface area contributed by atoms with E-state index in [9.17, 15) is 0 Å². The number of methoxy groups -OCH3 is 2. The molecule has 204 valence electrons. The van der Waals surface area contributed by atoms with Crippen LogP contribution in [0, 0.1) is 0 Å². The number of rotatable bonds is 10. The van der Waals surface area contributed by atoms with Gasteiger partial charge in [0.2, 0.25) is 0 Å². The number of ether oxygens (including phenoxy) is 2. The number of anilines is 1. The van der Waals surface area contributed by atoms with Gasteiger partial charge >= 0.3 is 0 Å². The molecule has 7 heteroatoms. The second-order valence-electron chi connectivity index (χ2n) is 9.13. The van der Waals surface area contributed by atoms with Gasteiger partial charge in [0.1, 0.15) is 11.5 Å². The quantitative estimate of drug-likeness (QED) is 0.135. The van der Waals surface area contributed by atoms with Crippen molar-refractivity contribution in [3.63, 3.8) is 0 Å². The molecule has 0 aliphatic heterocycles. The van der Waals surface area contributed by atoms with Crippen molar-refractivity contribution in [1.29, 1.82) is 0 Å². The Labute approximate surface area is 247 Å². The maximum atomic E-state index is 5.38. The van der Waals surface area contributed by atoms with Crippen LogP contribution in [-0.2, 0) is 18.8 Å². The van der Waals surface area contributed by atoms with Gasteiger partial charge < -0.3 is 19.3 Å². The number of aliphatic imine (C=N–C) groups is 1. The third kappa shape index (κ3) is 9.08. The normalized spacial score (nSPS) is 10.9. The van der Waals surface area contributed by atoms with Crippen molar-refractivity contribution < 1.29 is 9.47 Å². The average molecular weight is 607 g/mol. The molecule has 0 aliphatic rings. The van der Waals surface area contributed by atoms with Crippen LogP contribution in [0.5, 0.6) is 11.5 Å². The molecule has 4 rings (SSSR count). The van der Waals surface area contributed by atoms with E-state index in [1.54, 1.807) is 26.0 Å². The van der Waals surface area contributed by atoms with Gasteiger partial charge in [-0.1, -0.05) is 66.4 Å². The SMILES string of the molecule is Br.COc1ccc(CN(Cc2ccc(OC)cc2)C(=Nc2ccc(N(C)C)cc2)SCc2ccccc2)cc1.